The van der Waals surface area contributed by atoms with Gasteiger partial charge in [0.1, 0.15) is 0 Å². The topological polar surface area (TPSA) is 46.0 Å². The Hall–Kier alpha value is -1.74. The average molecular weight is 256 g/mol. The van der Waals surface area contributed by atoms with E-state index in [0.29, 0.717) is 6.42 Å². The van der Waals surface area contributed by atoms with Gasteiger partial charge in [0.2, 0.25) is 0 Å². The van der Waals surface area contributed by atoms with Crippen molar-refractivity contribution in [1.82, 2.24) is 10.2 Å². The van der Waals surface area contributed by atoms with Crippen molar-refractivity contribution in [3.63, 3.8) is 0 Å². The number of benzene rings is 1. The van der Waals surface area contributed by atoms with Crippen LogP contribution < -0.4 is 0 Å². The van der Waals surface area contributed by atoms with Gasteiger partial charge in [0.05, 0.1) is 17.5 Å². The Labute approximate surface area is 114 Å². The largest absolute Gasteiger partial charge is 0.388 e. The molecule has 0 radical (unpaired) electrons. The molecule has 0 aliphatic heterocycles. The van der Waals surface area contributed by atoms with Crippen molar-refractivity contribution in [1.29, 1.82) is 0 Å². The van der Waals surface area contributed by atoms with E-state index in [-0.39, 0.29) is 0 Å². The number of nitrogens with zero attached hydrogens (tertiary/aromatic N) is 2. The fraction of sp³-hybridized carbons (Fsp3) is 0.375. The summed E-state index contributed by atoms with van der Waals surface area (Å²) in [6.45, 7) is 7.92. The Kier molecular flexibility index (Phi) is 3.96. The van der Waals surface area contributed by atoms with Gasteiger partial charge in [-0.3, -0.25) is 0 Å². The van der Waals surface area contributed by atoms with Gasteiger partial charge in [-0.1, -0.05) is 29.3 Å². The molecule has 1 heterocycles. The van der Waals surface area contributed by atoms with Crippen LogP contribution in [0, 0.1) is 27.7 Å². The molecule has 1 N–H and O–H groups in total. The lowest BCUT2D eigenvalue weighted by molar-refractivity contribution is 0.177. The zero-order valence-corrected chi connectivity index (χ0v) is 11.9. The molecule has 0 aliphatic rings. The lowest BCUT2D eigenvalue weighted by Crippen LogP contribution is -2.07. The Morgan fingerprint density at radius 3 is 2.21 bits per heavy atom. The number of aromatic nitrogens is 2. The van der Waals surface area contributed by atoms with Crippen LogP contribution in [-0.4, -0.2) is 15.3 Å². The van der Waals surface area contributed by atoms with Gasteiger partial charge in [0.25, 0.3) is 0 Å². The molecule has 0 fully saturated rings. The number of hydrogen-bond donors (Lipinski definition) is 1. The lowest BCUT2D eigenvalue weighted by atomic mass is 9.98. The summed E-state index contributed by atoms with van der Waals surface area (Å²) in [5.74, 6) is 0. The summed E-state index contributed by atoms with van der Waals surface area (Å²) in [5, 5.41) is 18.5. The molecule has 0 saturated carbocycles. The number of aliphatic hydroxyl groups is 1. The van der Waals surface area contributed by atoms with Gasteiger partial charge in [0, 0.05) is 12.0 Å². The number of rotatable bonds is 3. The highest BCUT2D eigenvalue weighted by Gasteiger charge is 2.13. The maximum atomic E-state index is 10.4. The third-order valence-electron chi connectivity index (χ3n) is 3.21. The summed E-state index contributed by atoms with van der Waals surface area (Å²) in [4.78, 5) is 0. The molecule has 1 aromatic carbocycles. The van der Waals surface area contributed by atoms with E-state index in [9.17, 15) is 5.11 Å². The molecule has 100 valence electrons. The minimum atomic E-state index is -0.532. The highest BCUT2D eigenvalue weighted by molar-refractivity contribution is 5.31. The molecule has 3 heteroatoms. The van der Waals surface area contributed by atoms with Gasteiger partial charge in [-0.15, -0.1) is 0 Å². The molecule has 2 aromatic rings. The highest BCUT2D eigenvalue weighted by Crippen LogP contribution is 2.22. The van der Waals surface area contributed by atoms with Crippen molar-refractivity contribution in [2.24, 2.45) is 0 Å². The van der Waals surface area contributed by atoms with E-state index in [1.54, 1.807) is 0 Å². The van der Waals surface area contributed by atoms with Crippen LogP contribution in [0.2, 0.25) is 0 Å². The summed E-state index contributed by atoms with van der Waals surface area (Å²) in [7, 11) is 0. The molecule has 1 aromatic heterocycles. The summed E-state index contributed by atoms with van der Waals surface area (Å²) >= 11 is 0. The third-order valence-corrected chi connectivity index (χ3v) is 3.21. The summed E-state index contributed by atoms with van der Waals surface area (Å²) in [6.07, 6.45) is 0.0736. The van der Waals surface area contributed by atoms with Crippen molar-refractivity contribution in [2.75, 3.05) is 0 Å². The second-order valence-electron chi connectivity index (χ2n) is 5.24. The molecule has 3 nitrogen and oxygen atoms in total. The second kappa shape index (κ2) is 5.49. The first-order valence-electron chi connectivity index (χ1n) is 6.52. The normalized spacial score (nSPS) is 12.5. The number of aryl methyl sites for hydroxylation is 4. The minimum Gasteiger partial charge on any atom is -0.388 e. The van der Waals surface area contributed by atoms with E-state index in [1.165, 1.54) is 11.1 Å². The zero-order chi connectivity index (χ0) is 14.0. The molecule has 0 saturated heterocycles. The maximum Gasteiger partial charge on any atom is 0.0849 e. The van der Waals surface area contributed by atoms with Crippen molar-refractivity contribution < 1.29 is 5.11 Å². The van der Waals surface area contributed by atoms with Gasteiger partial charge in [-0.05, 0) is 39.3 Å². The van der Waals surface area contributed by atoms with Crippen LogP contribution in [-0.2, 0) is 6.42 Å². The Balaban J connectivity index is 2.25. The van der Waals surface area contributed by atoms with E-state index in [4.69, 9.17) is 0 Å². The number of hydrogen-bond acceptors (Lipinski definition) is 3. The summed E-state index contributed by atoms with van der Waals surface area (Å²) < 4.78 is 0. The Morgan fingerprint density at radius 2 is 1.58 bits per heavy atom. The van der Waals surface area contributed by atoms with Crippen LogP contribution in [0.5, 0.6) is 0 Å². The Morgan fingerprint density at radius 1 is 0.947 bits per heavy atom. The molecule has 0 bridgehead atoms. The first kappa shape index (κ1) is 13.7. The summed E-state index contributed by atoms with van der Waals surface area (Å²) in [6, 6.07) is 8.29. The fourth-order valence-electron chi connectivity index (χ4n) is 2.43. The van der Waals surface area contributed by atoms with E-state index in [2.05, 4.69) is 42.2 Å². The highest BCUT2D eigenvalue weighted by atomic mass is 16.3. The Bertz CT molecular complexity index is 573. The smallest absolute Gasteiger partial charge is 0.0849 e. The van der Waals surface area contributed by atoms with Crippen molar-refractivity contribution >= 4 is 0 Å². The van der Waals surface area contributed by atoms with Crippen molar-refractivity contribution in [2.45, 2.75) is 40.2 Å². The SMILES string of the molecule is Cc1cc(C)cc(CC(O)c2cc(C)nnc2C)c1. The van der Waals surface area contributed by atoms with E-state index in [0.717, 1.165) is 22.5 Å². The van der Waals surface area contributed by atoms with Crippen LogP contribution in [0.3, 0.4) is 0 Å². The van der Waals surface area contributed by atoms with Gasteiger partial charge in [-0.2, -0.15) is 10.2 Å². The van der Waals surface area contributed by atoms with Gasteiger partial charge < -0.3 is 5.11 Å². The lowest BCUT2D eigenvalue weighted by Gasteiger charge is -2.14. The molecule has 19 heavy (non-hydrogen) atoms. The van der Waals surface area contributed by atoms with Gasteiger partial charge >= 0.3 is 0 Å². The van der Waals surface area contributed by atoms with Crippen LogP contribution in [0.1, 0.15) is 39.7 Å². The molecule has 0 amide bonds. The standard InChI is InChI=1S/C16H20N2O/c1-10-5-11(2)7-14(6-10)9-16(19)15-8-12(3)17-18-13(15)4/h5-8,16,19H,9H2,1-4H3. The van der Waals surface area contributed by atoms with E-state index in [1.807, 2.05) is 19.9 Å². The first-order valence-corrected chi connectivity index (χ1v) is 6.52. The second-order valence-corrected chi connectivity index (χ2v) is 5.24. The molecule has 2 rings (SSSR count). The molecule has 1 atom stereocenters. The molecular formula is C16H20N2O. The molecular weight excluding hydrogens is 236 g/mol. The third kappa shape index (κ3) is 3.38. The van der Waals surface area contributed by atoms with Gasteiger partial charge in [-0.25, -0.2) is 0 Å². The average Bonchev–Trinajstić information content (AvgIpc) is 2.30. The summed E-state index contributed by atoms with van der Waals surface area (Å²) in [5.41, 5.74) is 6.10. The minimum absolute atomic E-state index is 0.532. The molecule has 1 unspecified atom stereocenters. The maximum absolute atomic E-state index is 10.4. The number of aliphatic hydroxyl groups excluding tert-OH is 1. The monoisotopic (exact) mass is 256 g/mol. The van der Waals surface area contributed by atoms with Crippen LogP contribution in [0.15, 0.2) is 24.3 Å². The zero-order valence-electron chi connectivity index (χ0n) is 11.9. The van der Waals surface area contributed by atoms with Crippen LogP contribution >= 0.6 is 0 Å². The molecule has 0 aliphatic carbocycles. The van der Waals surface area contributed by atoms with Crippen LogP contribution in [0.25, 0.3) is 0 Å². The first-order chi connectivity index (χ1) is 8.95. The predicted molar refractivity (Wildman–Crippen MR) is 76.1 cm³/mol. The fourth-order valence-corrected chi connectivity index (χ4v) is 2.43. The van der Waals surface area contributed by atoms with Gasteiger partial charge in [0.15, 0.2) is 0 Å². The van der Waals surface area contributed by atoms with Crippen molar-refractivity contribution in [3.8, 4) is 0 Å². The van der Waals surface area contributed by atoms with Crippen molar-refractivity contribution in [3.05, 3.63) is 57.9 Å². The van der Waals surface area contributed by atoms with Crippen LogP contribution in [0.4, 0.5) is 0 Å². The molecule has 0 spiro atoms. The van der Waals surface area contributed by atoms with E-state index < -0.39 is 6.10 Å². The predicted octanol–water partition coefficient (Wildman–Crippen LogP) is 2.99. The quantitative estimate of drug-likeness (QED) is 0.918. The van der Waals surface area contributed by atoms with E-state index >= 15 is 0 Å².